The number of nitrogens with zero attached hydrogens (tertiary/aromatic N) is 3. The maximum Gasteiger partial charge on any atom is 0.336 e. The lowest BCUT2D eigenvalue weighted by Crippen LogP contribution is -2.10. The van der Waals surface area contributed by atoms with Gasteiger partial charge in [-0.2, -0.15) is 0 Å². The number of halogens is 1. The van der Waals surface area contributed by atoms with E-state index in [1.165, 1.54) is 12.4 Å². The van der Waals surface area contributed by atoms with E-state index in [0.29, 0.717) is 50.7 Å². The Morgan fingerprint density at radius 1 is 1.00 bits per heavy atom. The fourth-order valence-electron chi connectivity index (χ4n) is 4.77. The molecule has 8 heteroatoms. The van der Waals surface area contributed by atoms with Gasteiger partial charge in [-0.1, -0.05) is 67.4 Å². The Kier molecular flexibility index (Phi) is 7.29. The Balaban J connectivity index is 1.54. The molecule has 2 N–H and O–H groups in total. The van der Waals surface area contributed by atoms with Gasteiger partial charge in [-0.05, 0) is 53.3 Å². The van der Waals surface area contributed by atoms with E-state index < -0.39 is 5.97 Å². The zero-order valence-electron chi connectivity index (χ0n) is 20.7. The molecule has 0 radical (unpaired) electrons. The van der Waals surface area contributed by atoms with Crippen LogP contribution >= 0.6 is 11.6 Å². The summed E-state index contributed by atoms with van der Waals surface area (Å²) in [5.41, 5.74) is 4.31. The minimum Gasteiger partial charge on any atom is -0.478 e. The highest BCUT2D eigenvalue weighted by Crippen LogP contribution is 2.36. The summed E-state index contributed by atoms with van der Waals surface area (Å²) in [5.74, 6) is -0.654. The molecule has 2 heterocycles. The number of nitrogens with one attached hydrogen (secondary N) is 1. The summed E-state index contributed by atoms with van der Waals surface area (Å²) in [5, 5.41) is 10.6. The average molecular weight is 525 g/mol. The van der Waals surface area contributed by atoms with E-state index in [-0.39, 0.29) is 17.3 Å². The number of imidazole rings is 1. The third kappa shape index (κ3) is 5.19. The molecule has 0 saturated heterocycles. The second-order valence-corrected chi connectivity index (χ2v) is 9.56. The molecule has 0 unspecified atom stereocenters. The number of fused-ring (bicyclic) bond motifs is 1. The first-order chi connectivity index (χ1) is 18.4. The summed E-state index contributed by atoms with van der Waals surface area (Å²) in [6, 6.07) is 20.0. The predicted octanol–water partition coefficient (Wildman–Crippen LogP) is 7.20. The van der Waals surface area contributed by atoms with Crippen molar-refractivity contribution in [3.05, 3.63) is 101 Å². The molecule has 0 aliphatic rings. The number of rotatable bonds is 9. The lowest BCUT2D eigenvalue weighted by Gasteiger charge is -2.17. The fourth-order valence-corrected chi connectivity index (χ4v) is 4.94. The highest BCUT2D eigenvalue weighted by Gasteiger charge is 2.22. The summed E-state index contributed by atoms with van der Waals surface area (Å²) in [6.07, 6.45) is 5.15. The minimum absolute atomic E-state index is 0.0158. The third-order valence-corrected chi connectivity index (χ3v) is 6.84. The van der Waals surface area contributed by atoms with E-state index >= 15 is 0 Å². The summed E-state index contributed by atoms with van der Waals surface area (Å²) < 4.78 is 0. The monoisotopic (exact) mass is 524 g/mol. The van der Waals surface area contributed by atoms with E-state index in [9.17, 15) is 14.7 Å². The van der Waals surface area contributed by atoms with Crippen LogP contribution in [0.4, 0.5) is 0 Å². The lowest BCUT2D eigenvalue weighted by atomic mass is 9.87. The number of Topliss-reactive ketones (excluding diaryl/α,β-unsaturated/α-hetero) is 1. The van der Waals surface area contributed by atoms with Crippen molar-refractivity contribution in [3.8, 4) is 22.5 Å². The molecule has 0 spiro atoms. The van der Waals surface area contributed by atoms with Crippen LogP contribution in [-0.2, 0) is 0 Å². The van der Waals surface area contributed by atoms with Crippen molar-refractivity contribution in [1.82, 2.24) is 19.9 Å². The number of aromatic amines is 1. The fraction of sp³-hybridized carbons (Fsp3) is 0.167. The van der Waals surface area contributed by atoms with Gasteiger partial charge in [0.1, 0.15) is 17.7 Å². The Bertz CT molecular complexity index is 1600. The summed E-state index contributed by atoms with van der Waals surface area (Å²) >= 11 is 6.34. The van der Waals surface area contributed by atoms with Crippen LogP contribution in [-0.4, -0.2) is 36.8 Å². The van der Waals surface area contributed by atoms with Crippen molar-refractivity contribution < 1.29 is 14.7 Å². The number of aromatic carboxylic acids is 1. The number of ketones is 1. The van der Waals surface area contributed by atoms with E-state index in [4.69, 9.17) is 11.6 Å². The van der Waals surface area contributed by atoms with Crippen LogP contribution in [0.5, 0.6) is 0 Å². The van der Waals surface area contributed by atoms with E-state index in [0.717, 1.165) is 18.4 Å². The van der Waals surface area contributed by atoms with Crippen molar-refractivity contribution >= 4 is 34.5 Å². The highest BCUT2D eigenvalue weighted by molar-refractivity contribution is 6.31. The molecule has 0 saturated carbocycles. The van der Waals surface area contributed by atoms with Gasteiger partial charge in [-0.15, -0.1) is 0 Å². The number of carboxylic acid groups (broad SMARTS) is 1. The van der Waals surface area contributed by atoms with Crippen LogP contribution in [0.2, 0.25) is 5.02 Å². The second kappa shape index (κ2) is 10.9. The molecule has 190 valence electrons. The molecule has 0 amide bonds. The van der Waals surface area contributed by atoms with Gasteiger partial charge in [0.25, 0.3) is 0 Å². The van der Waals surface area contributed by atoms with Crippen LogP contribution in [0.1, 0.15) is 58.4 Å². The number of carbonyl (C=O) groups excluding carboxylic acids is 1. The normalized spacial score (nSPS) is 11.9. The molecule has 7 nitrogen and oxygen atoms in total. The molecule has 2 aromatic heterocycles. The van der Waals surface area contributed by atoms with Crippen molar-refractivity contribution in [2.75, 3.05) is 0 Å². The molecule has 5 rings (SSSR count). The zero-order valence-corrected chi connectivity index (χ0v) is 21.4. The topological polar surface area (TPSA) is 109 Å². The number of carboxylic acids is 1. The first kappa shape index (κ1) is 25.3. The molecule has 0 aliphatic heterocycles. The zero-order chi connectivity index (χ0) is 26.6. The predicted molar refractivity (Wildman–Crippen MR) is 148 cm³/mol. The van der Waals surface area contributed by atoms with Gasteiger partial charge < -0.3 is 10.1 Å². The van der Waals surface area contributed by atoms with Gasteiger partial charge in [0.05, 0.1) is 11.8 Å². The van der Waals surface area contributed by atoms with Gasteiger partial charge in [0.2, 0.25) is 0 Å². The Morgan fingerprint density at radius 3 is 2.53 bits per heavy atom. The number of benzene rings is 3. The standard InChI is InChI=1S/C30H25ClN4O3/c1-2-6-19(18-7-4-3-5-8-18)14-27(36)20-9-11-22(25(13-20)30(37)38)24-15-21(31)10-12-23(24)28-34-26-16-32-17-33-29(26)35-28/h3-5,7-13,15-17,19H,2,6,14H2,1H3,(H,37,38)(H,32,33,34,35)/t19-/m0/s1. The van der Waals surface area contributed by atoms with Gasteiger partial charge in [0, 0.05) is 22.6 Å². The maximum absolute atomic E-state index is 13.3. The highest BCUT2D eigenvalue weighted by atomic mass is 35.5. The van der Waals surface area contributed by atoms with Gasteiger partial charge in [-0.3, -0.25) is 4.79 Å². The quantitative estimate of drug-likeness (QED) is 0.197. The average Bonchev–Trinajstić information content (AvgIpc) is 3.37. The summed E-state index contributed by atoms with van der Waals surface area (Å²) in [7, 11) is 0. The van der Waals surface area contributed by atoms with Crippen LogP contribution in [0.15, 0.2) is 79.3 Å². The Morgan fingerprint density at radius 2 is 1.79 bits per heavy atom. The van der Waals surface area contributed by atoms with Crippen molar-refractivity contribution in [3.63, 3.8) is 0 Å². The molecule has 0 fully saturated rings. The van der Waals surface area contributed by atoms with Crippen LogP contribution < -0.4 is 0 Å². The molecule has 38 heavy (non-hydrogen) atoms. The first-order valence-corrected chi connectivity index (χ1v) is 12.7. The third-order valence-electron chi connectivity index (χ3n) is 6.60. The molecule has 5 aromatic rings. The van der Waals surface area contributed by atoms with Crippen molar-refractivity contribution in [1.29, 1.82) is 0 Å². The molecule has 3 aromatic carbocycles. The number of aromatic nitrogens is 4. The SMILES string of the molecule is CCC[C@@H](CC(=O)c1ccc(-c2cc(Cl)ccc2-c2nc3ncncc3[nH]2)c(C(=O)O)c1)c1ccccc1. The minimum atomic E-state index is -1.13. The molecule has 0 bridgehead atoms. The van der Waals surface area contributed by atoms with Crippen LogP contribution in [0.3, 0.4) is 0 Å². The largest absolute Gasteiger partial charge is 0.478 e. The van der Waals surface area contributed by atoms with Crippen molar-refractivity contribution in [2.24, 2.45) is 0 Å². The number of H-pyrrole nitrogens is 1. The summed E-state index contributed by atoms with van der Waals surface area (Å²) in [4.78, 5) is 41.7. The number of carbonyl (C=O) groups is 2. The number of hydrogen-bond donors (Lipinski definition) is 2. The molecule has 0 aliphatic carbocycles. The Labute approximate surface area is 224 Å². The first-order valence-electron chi connectivity index (χ1n) is 12.4. The molecular weight excluding hydrogens is 500 g/mol. The van der Waals surface area contributed by atoms with Crippen LogP contribution in [0, 0.1) is 0 Å². The number of hydrogen-bond acceptors (Lipinski definition) is 5. The molecular formula is C30H25ClN4O3. The smallest absolute Gasteiger partial charge is 0.336 e. The van der Waals surface area contributed by atoms with Gasteiger partial charge in [-0.25, -0.2) is 19.7 Å². The maximum atomic E-state index is 13.3. The lowest BCUT2D eigenvalue weighted by molar-refractivity contribution is 0.0697. The van der Waals surface area contributed by atoms with E-state index in [1.807, 2.05) is 30.3 Å². The van der Waals surface area contributed by atoms with E-state index in [2.05, 4.69) is 26.9 Å². The van der Waals surface area contributed by atoms with E-state index in [1.54, 1.807) is 36.5 Å². The van der Waals surface area contributed by atoms with Crippen molar-refractivity contribution in [2.45, 2.75) is 32.1 Å². The van der Waals surface area contributed by atoms with Gasteiger partial charge >= 0.3 is 5.97 Å². The van der Waals surface area contributed by atoms with Gasteiger partial charge in [0.15, 0.2) is 11.4 Å². The second-order valence-electron chi connectivity index (χ2n) is 9.12. The molecule has 1 atom stereocenters. The van der Waals surface area contributed by atoms with Crippen LogP contribution in [0.25, 0.3) is 33.7 Å². The Hall–Kier alpha value is -4.36. The summed E-state index contributed by atoms with van der Waals surface area (Å²) in [6.45, 7) is 2.09.